The summed E-state index contributed by atoms with van der Waals surface area (Å²) in [6.45, 7) is -1.17. The zero-order chi connectivity index (χ0) is 15.0. The van der Waals surface area contributed by atoms with Crippen LogP contribution in [-0.2, 0) is 4.79 Å². The summed E-state index contributed by atoms with van der Waals surface area (Å²) in [5.41, 5.74) is 0. The van der Waals surface area contributed by atoms with Crippen LogP contribution < -0.4 is 0 Å². The molecule has 0 radical (unpaired) electrons. The van der Waals surface area contributed by atoms with Crippen molar-refractivity contribution in [2.45, 2.75) is 17.7 Å². The van der Waals surface area contributed by atoms with Gasteiger partial charge in [-0.3, -0.25) is 4.79 Å². The van der Waals surface area contributed by atoms with Crippen LogP contribution in [0.25, 0.3) is 0 Å². The minimum atomic E-state index is -2.63. The van der Waals surface area contributed by atoms with Crippen molar-refractivity contribution in [3.05, 3.63) is 30.1 Å². The lowest BCUT2D eigenvalue weighted by Gasteiger charge is -2.21. The summed E-state index contributed by atoms with van der Waals surface area (Å²) < 4.78 is 37.9. The maximum Gasteiger partial charge on any atom is 0.255 e. The number of benzene rings is 1. The lowest BCUT2D eigenvalue weighted by molar-refractivity contribution is -0.133. The van der Waals surface area contributed by atoms with Crippen molar-refractivity contribution in [2.75, 3.05) is 25.4 Å². The van der Waals surface area contributed by atoms with E-state index in [2.05, 4.69) is 0 Å². The van der Waals surface area contributed by atoms with Crippen molar-refractivity contribution >= 4 is 17.7 Å². The van der Waals surface area contributed by atoms with Crippen LogP contribution in [0.1, 0.15) is 6.42 Å². The quantitative estimate of drug-likeness (QED) is 0.750. The molecule has 0 saturated heterocycles. The number of hydrogen-bond acceptors (Lipinski definition) is 3. The first-order chi connectivity index (χ1) is 9.54. The number of nitrogens with zero attached hydrogens (tertiary/aromatic N) is 1. The minimum Gasteiger partial charge on any atom is -0.395 e. The second kappa shape index (κ2) is 8.86. The summed E-state index contributed by atoms with van der Waals surface area (Å²) >= 11 is 1.16. The first kappa shape index (κ1) is 16.8. The number of aliphatic hydroxyl groups excluding tert-OH is 1. The van der Waals surface area contributed by atoms with Gasteiger partial charge in [-0.05, 0) is 12.1 Å². The van der Waals surface area contributed by atoms with Gasteiger partial charge < -0.3 is 10.0 Å². The van der Waals surface area contributed by atoms with Gasteiger partial charge in [-0.25, -0.2) is 13.2 Å². The van der Waals surface area contributed by atoms with Crippen molar-refractivity contribution in [1.29, 1.82) is 0 Å². The van der Waals surface area contributed by atoms with E-state index in [1.165, 1.54) is 6.07 Å². The Hall–Kier alpha value is -1.21. The molecule has 7 heteroatoms. The van der Waals surface area contributed by atoms with Gasteiger partial charge in [-0.15, -0.1) is 11.8 Å². The van der Waals surface area contributed by atoms with E-state index >= 15 is 0 Å². The van der Waals surface area contributed by atoms with Gasteiger partial charge in [0.25, 0.3) is 6.43 Å². The van der Waals surface area contributed by atoms with Crippen LogP contribution in [0.15, 0.2) is 29.2 Å². The molecule has 3 nitrogen and oxygen atoms in total. The number of carbonyl (C=O) groups is 1. The first-order valence-corrected chi connectivity index (χ1v) is 7.07. The standard InChI is InChI=1S/C13H16F3NO2S/c14-10-3-1-2-4-11(10)20-8-5-13(19)17(6-7-18)9-12(15)16/h1-4,12,18H,5-9H2. The van der Waals surface area contributed by atoms with Crippen LogP contribution in [0.3, 0.4) is 0 Å². The van der Waals surface area contributed by atoms with E-state index in [0.717, 1.165) is 16.7 Å². The number of rotatable bonds is 8. The maximum atomic E-state index is 13.3. The fourth-order valence-corrected chi connectivity index (χ4v) is 2.45. The number of thioether (sulfide) groups is 1. The zero-order valence-electron chi connectivity index (χ0n) is 10.8. The van der Waals surface area contributed by atoms with Crippen LogP contribution in [0.5, 0.6) is 0 Å². The second-order valence-corrected chi connectivity index (χ2v) is 5.12. The molecule has 0 atom stereocenters. The Kier molecular flexibility index (Phi) is 7.46. The maximum absolute atomic E-state index is 13.3. The molecule has 1 N–H and O–H groups in total. The fourth-order valence-electron chi connectivity index (χ4n) is 1.57. The summed E-state index contributed by atoms with van der Waals surface area (Å²) in [6, 6.07) is 6.16. The Morgan fingerprint density at radius 2 is 2.05 bits per heavy atom. The number of carbonyl (C=O) groups excluding carboxylic acids is 1. The monoisotopic (exact) mass is 307 g/mol. The topological polar surface area (TPSA) is 40.5 Å². The molecular formula is C13H16F3NO2S. The number of alkyl halides is 2. The molecule has 0 aliphatic rings. The van der Waals surface area contributed by atoms with Gasteiger partial charge in [0.05, 0.1) is 13.2 Å². The third kappa shape index (κ3) is 5.83. The van der Waals surface area contributed by atoms with E-state index in [9.17, 15) is 18.0 Å². The minimum absolute atomic E-state index is 0.0196. The van der Waals surface area contributed by atoms with Crippen LogP contribution >= 0.6 is 11.8 Å². The highest BCUT2D eigenvalue weighted by Gasteiger charge is 2.17. The molecular weight excluding hydrogens is 291 g/mol. The lowest BCUT2D eigenvalue weighted by Crippen LogP contribution is -2.37. The van der Waals surface area contributed by atoms with Crippen molar-refractivity contribution in [3.63, 3.8) is 0 Å². The summed E-state index contributed by atoms with van der Waals surface area (Å²) in [6.07, 6.45) is -2.61. The first-order valence-electron chi connectivity index (χ1n) is 6.08. The molecule has 0 heterocycles. The highest BCUT2D eigenvalue weighted by atomic mass is 32.2. The normalized spacial score (nSPS) is 10.8. The molecule has 1 aromatic rings. The molecule has 1 amide bonds. The highest BCUT2D eigenvalue weighted by molar-refractivity contribution is 7.99. The molecule has 0 aliphatic heterocycles. The molecule has 0 bridgehead atoms. The number of amides is 1. The molecule has 1 rings (SSSR count). The Balaban J connectivity index is 2.43. The molecule has 0 aromatic heterocycles. The van der Waals surface area contributed by atoms with Crippen LogP contribution in [-0.4, -0.2) is 47.8 Å². The third-order valence-electron chi connectivity index (χ3n) is 2.49. The Labute approximate surface area is 119 Å². The van der Waals surface area contributed by atoms with Crippen molar-refractivity contribution in [3.8, 4) is 0 Å². The lowest BCUT2D eigenvalue weighted by atomic mass is 10.3. The Morgan fingerprint density at radius 3 is 2.65 bits per heavy atom. The van der Waals surface area contributed by atoms with E-state index in [1.54, 1.807) is 18.2 Å². The SMILES string of the molecule is O=C(CCSc1ccccc1F)N(CCO)CC(F)F. The average Bonchev–Trinajstić information content (AvgIpc) is 2.40. The van der Waals surface area contributed by atoms with Crippen LogP contribution in [0.4, 0.5) is 13.2 Å². The second-order valence-electron chi connectivity index (χ2n) is 3.98. The van der Waals surface area contributed by atoms with E-state index < -0.39 is 18.9 Å². The number of aliphatic hydroxyl groups is 1. The zero-order valence-corrected chi connectivity index (χ0v) is 11.6. The van der Waals surface area contributed by atoms with Gasteiger partial charge in [-0.1, -0.05) is 12.1 Å². The summed E-state index contributed by atoms with van der Waals surface area (Å²) in [5, 5.41) is 8.74. The molecule has 1 aromatic carbocycles. The Morgan fingerprint density at radius 1 is 1.35 bits per heavy atom. The molecule has 112 valence electrons. The van der Waals surface area contributed by atoms with Crippen LogP contribution in [0, 0.1) is 5.82 Å². The number of hydrogen-bond donors (Lipinski definition) is 1. The average molecular weight is 307 g/mol. The van der Waals surface area contributed by atoms with Crippen molar-refractivity contribution < 1.29 is 23.1 Å². The summed E-state index contributed by atoms with van der Waals surface area (Å²) in [4.78, 5) is 13.1. The van der Waals surface area contributed by atoms with Gasteiger partial charge >= 0.3 is 0 Å². The summed E-state index contributed by atoms with van der Waals surface area (Å²) in [5.74, 6) is -0.543. The predicted molar refractivity (Wildman–Crippen MR) is 71.4 cm³/mol. The van der Waals surface area contributed by atoms with E-state index in [-0.39, 0.29) is 25.4 Å². The highest BCUT2D eigenvalue weighted by Crippen LogP contribution is 2.22. The Bertz CT molecular complexity index is 432. The van der Waals surface area contributed by atoms with E-state index in [4.69, 9.17) is 5.11 Å². The van der Waals surface area contributed by atoms with Gasteiger partial charge in [-0.2, -0.15) is 0 Å². The third-order valence-corrected chi connectivity index (χ3v) is 3.54. The van der Waals surface area contributed by atoms with Crippen molar-refractivity contribution in [1.82, 2.24) is 4.90 Å². The van der Waals surface area contributed by atoms with Gasteiger partial charge in [0.15, 0.2) is 0 Å². The van der Waals surface area contributed by atoms with Gasteiger partial charge in [0, 0.05) is 23.6 Å². The van der Waals surface area contributed by atoms with Gasteiger partial charge in [0.1, 0.15) is 5.82 Å². The molecule has 0 unspecified atom stereocenters. The van der Waals surface area contributed by atoms with Crippen LogP contribution in [0.2, 0.25) is 0 Å². The number of halogens is 3. The molecule has 0 fully saturated rings. The van der Waals surface area contributed by atoms with Crippen molar-refractivity contribution in [2.24, 2.45) is 0 Å². The molecule has 0 aliphatic carbocycles. The fraction of sp³-hybridized carbons (Fsp3) is 0.462. The van der Waals surface area contributed by atoms with Gasteiger partial charge in [0.2, 0.25) is 5.91 Å². The molecule has 20 heavy (non-hydrogen) atoms. The van der Waals surface area contributed by atoms with E-state index in [0.29, 0.717) is 10.6 Å². The smallest absolute Gasteiger partial charge is 0.255 e. The largest absolute Gasteiger partial charge is 0.395 e. The molecule has 0 spiro atoms. The van der Waals surface area contributed by atoms with E-state index in [1.807, 2.05) is 0 Å². The predicted octanol–water partition coefficient (Wildman–Crippen LogP) is 2.39. The molecule has 0 saturated carbocycles. The summed E-state index contributed by atoms with van der Waals surface area (Å²) in [7, 11) is 0.